The van der Waals surface area contributed by atoms with Crippen molar-refractivity contribution in [1.82, 2.24) is 0 Å². The van der Waals surface area contributed by atoms with Gasteiger partial charge in [-0.05, 0) is 18.9 Å². The number of nitrogens with two attached hydrogens (primary N) is 1. The Hall–Kier alpha value is -1.02. The first kappa shape index (κ1) is 14.0. The van der Waals surface area contributed by atoms with Gasteiger partial charge in [0.05, 0.1) is 6.61 Å². The van der Waals surface area contributed by atoms with Crippen LogP contribution in [0.3, 0.4) is 0 Å². The monoisotopic (exact) mass is 235 g/mol. The topological polar surface area (TPSA) is 35.2 Å². The molecule has 1 aromatic carbocycles. The zero-order valence-corrected chi connectivity index (χ0v) is 11.1. The fraction of sp³-hybridized carbons (Fsp3) is 0.600. The quantitative estimate of drug-likeness (QED) is 0.690. The molecule has 0 spiro atoms. The van der Waals surface area contributed by atoms with E-state index in [1.807, 2.05) is 18.2 Å². The van der Waals surface area contributed by atoms with E-state index in [1.54, 1.807) is 0 Å². The van der Waals surface area contributed by atoms with Gasteiger partial charge in [-0.25, -0.2) is 0 Å². The molecule has 0 amide bonds. The Morgan fingerprint density at radius 3 is 2.59 bits per heavy atom. The molecule has 0 heterocycles. The highest BCUT2D eigenvalue weighted by atomic mass is 16.5. The first-order valence-corrected chi connectivity index (χ1v) is 6.76. The molecule has 0 aliphatic carbocycles. The number of unbranched alkanes of at least 4 members (excludes halogenated alkanes) is 3. The molecule has 0 aliphatic heterocycles. The Labute approximate surface area is 105 Å². The lowest BCUT2D eigenvalue weighted by Gasteiger charge is -2.15. The number of hydrogen-bond acceptors (Lipinski definition) is 2. The maximum atomic E-state index is 6.07. The molecule has 0 saturated heterocycles. The molecule has 0 aliphatic rings. The van der Waals surface area contributed by atoms with Crippen LogP contribution in [0.4, 0.5) is 0 Å². The molecule has 0 unspecified atom stereocenters. The fourth-order valence-corrected chi connectivity index (χ4v) is 1.85. The Kier molecular flexibility index (Phi) is 6.71. The van der Waals surface area contributed by atoms with Gasteiger partial charge >= 0.3 is 0 Å². The lowest BCUT2D eigenvalue weighted by Crippen LogP contribution is -2.11. The van der Waals surface area contributed by atoms with Gasteiger partial charge in [0.2, 0.25) is 0 Å². The first-order chi connectivity index (χ1) is 8.29. The second kappa shape index (κ2) is 8.13. The third kappa shape index (κ3) is 4.78. The van der Waals surface area contributed by atoms with Crippen molar-refractivity contribution in [3.05, 3.63) is 29.8 Å². The predicted molar refractivity (Wildman–Crippen MR) is 73.3 cm³/mol. The van der Waals surface area contributed by atoms with Crippen LogP contribution in [0.2, 0.25) is 0 Å². The summed E-state index contributed by atoms with van der Waals surface area (Å²) in [5.41, 5.74) is 7.20. The summed E-state index contributed by atoms with van der Waals surface area (Å²) in [7, 11) is 0. The van der Waals surface area contributed by atoms with E-state index < -0.39 is 0 Å². The van der Waals surface area contributed by atoms with E-state index in [1.165, 1.54) is 19.3 Å². The van der Waals surface area contributed by atoms with Crippen molar-refractivity contribution in [2.45, 2.75) is 52.0 Å². The van der Waals surface area contributed by atoms with Gasteiger partial charge in [0.25, 0.3) is 0 Å². The molecule has 2 heteroatoms. The van der Waals surface area contributed by atoms with E-state index in [2.05, 4.69) is 19.9 Å². The minimum atomic E-state index is 0.0850. The van der Waals surface area contributed by atoms with E-state index in [9.17, 15) is 0 Å². The third-order valence-electron chi connectivity index (χ3n) is 3.01. The normalized spacial score (nSPS) is 12.4. The van der Waals surface area contributed by atoms with Crippen LogP contribution in [0.25, 0.3) is 0 Å². The van der Waals surface area contributed by atoms with E-state index in [0.29, 0.717) is 0 Å². The summed E-state index contributed by atoms with van der Waals surface area (Å²) in [6.45, 7) is 5.12. The Balaban J connectivity index is 2.46. The lowest BCUT2D eigenvalue weighted by molar-refractivity contribution is 0.300. The van der Waals surface area contributed by atoms with Gasteiger partial charge in [0.15, 0.2) is 0 Å². The molecule has 0 bridgehead atoms. The van der Waals surface area contributed by atoms with Crippen LogP contribution in [0.1, 0.15) is 57.6 Å². The lowest BCUT2D eigenvalue weighted by atomic mass is 10.0. The highest BCUT2D eigenvalue weighted by molar-refractivity contribution is 5.35. The van der Waals surface area contributed by atoms with Gasteiger partial charge in [-0.15, -0.1) is 0 Å². The van der Waals surface area contributed by atoms with Gasteiger partial charge in [-0.2, -0.15) is 0 Å². The molecule has 2 nitrogen and oxygen atoms in total. The summed E-state index contributed by atoms with van der Waals surface area (Å²) in [5.74, 6) is 0.957. The second-order valence-corrected chi connectivity index (χ2v) is 4.46. The van der Waals surface area contributed by atoms with Crippen molar-refractivity contribution < 1.29 is 4.74 Å². The zero-order chi connectivity index (χ0) is 12.5. The van der Waals surface area contributed by atoms with Crippen LogP contribution in [-0.2, 0) is 0 Å². The third-order valence-corrected chi connectivity index (χ3v) is 3.01. The first-order valence-electron chi connectivity index (χ1n) is 6.76. The molecule has 0 radical (unpaired) electrons. The van der Waals surface area contributed by atoms with E-state index in [-0.39, 0.29) is 6.04 Å². The molecular formula is C15H25NO. The summed E-state index contributed by atoms with van der Waals surface area (Å²) in [5, 5.41) is 0. The van der Waals surface area contributed by atoms with Gasteiger partial charge in [-0.3, -0.25) is 0 Å². The largest absolute Gasteiger partial charge is 0.493 e. The second-order valence-electron chi connectivity index (χ2n) is 4.46. The molecule has 0 fully saturated rings. The number of para-hydroxylation sites is 1. The van der Waals surface area contributed by atoms with Crippen molar-refractivity contribution in [2.24, 2.45) is 5.73 Å². The molecular weight excluding hydrogens is 210 g/mol. The van der Waals surface area contributed by atoms with Crippen molar-refractivity contribution in [2.75, 3.05) is 6.61 Å². The molecule has 17 heavy (non-hydrogen) atoms. The predicted octanol–water partition coefficient (Wildman–Crippen LogP) is 4.06. The average molecular weight is 235 g/mol. The number of ether oxygens (including phenoxy) is 1. The summed E-state index contributed by atoms with van der Waals surface area (Å²) in [4.78, 5) is 0. The zero-order valence-electron chi connectivity index (χ0n) is 11.1. The van der Waals surface area contributed by atoms with Crippen LogP contribution in [0, 0.1) is 0 Å². The van der Waals surface area contributed by atoms with Crippen molar-refractivity contribution in [1.29, 1.82) is 0 Å². The Morgan fingerprint density at radius 1 is 1.12 bits per heavy atom. The van der Waals surface area contributed by atoms with Crippen LogP contribution in [0.15, 0.2) is 24.3 Å². The Bertz CT molecular complexity index is 312. The van der Waals surface area contributed by atoms with E-state index in [0.717, 1.165) is 30.8 Å². The highest BCUT2D eigenvalue weighted by Gasteiger charge is 2.09. The Morgan fingerprint density at radius 2 is 1.88 bits per heavy atom. The van der Waals surface area contributed by atoms with Gasteiger partial charge < -0.3 is 10.5 Å². The maximum absolute atomic E-state index is 6.07. The number of hydrogen-bond donors (Lipinski definition) is 1. The van der Waals surface area contributed by atoms with Gasteiger partial charge in [-0.1, -0.05) is 51.3 Å². The standard InChI is InChI=1S/C15H25NO/c1-3-5-6-9-12-17-15-11-8-7-10-13(15)14(16)4-2/h7-8,10-11,14H,3-6,9,12,16H2,1-2H3/t14-/m0/s1. The fourth-order valence-electron chi connectivity index (χ4n) is 1.85. The highest BCUT2D eigenvalue weighted by Crippen LogP contribution is 2.25. The summed E-state index contributed by atoms with van der Waals surface area (Å²) < 4.78 is 5.83. The summed E-state index contributed by atoms with van der Waals surface area (Å²) in [6, 6.07) is 8.20. The minimum Gasteiger partial charge on any atom is -0.493 e. The summed E-state index contributed by atoms with van der Waals surface area (Å²) >= 11 is 0. The smallest absolute Gasteiger partial charge is 0.124 e. The molecule has 1 rings (SSSR count). The number of rotatable bonds is 8. The van der Waals surface area contributed by atoms with Crippen LogP contribution < -0.4 is 10.5 Å². The maximum Gasteiger partial charge on any atom is 0.124 e. The van der Waals surface area contributed by atoms with Crippen molar-refractivity contribution in [3.8, 4) is 5.75 Å². The molecule has 0 aromatic heterocycles. The average Bonchev–Trinajstić information content (AvgIpc) is 2.38. The van der Waals surface area contributed by atoms with E-state index in [4.69, 9.17) is 10.5 Å². The van der Waals surface area contributed by atoms with Gasteiger partial charge in [0.1, 0.15) is 5.75 Å². The van der Waals surface area contributed by atoms with Crippen LogP contribution >= 0.6 is 0 Å². The van der Waals surface area contributed by atoms with E-state index >= 15 is 0 Å². The molecule has 2 N–H and O–H groups in total. The van der Waals surface area contributed by atoms with Gasteiger partial charge in [0, 0.05) is 11.6 Å². The number of benzene rings is 1. The van der Waals surface area contributed by atoms with Crippen LogP contribution in [-0.4, -0.2) is 6.61 Å². The molecule has 0 saturated carbocycles. The van der Waals surface area contributed by atoms with Crippen LogP contribution in [0.5, 0.6) is 5.75 Å². The molecule has 96 valence electrons. The van der Waals surface area contributed by atoms with Crippen molar-refractivity contribution in [3.63, 3.8) is 0 Å². The summed E-state index contributed by atoms with van der Waals surface area (Å²) in [6.07, 6.45) is 5.87. The SMILES string of the molecule is CCCCCCOc1ccccc1[C@@H](N)CC. The minimum absolute atomic E-state index is 0.0850. The molecule has 1 atom stereocenters. The molecule has 1 aromatic rings. The van der Waals surface area contributed by atoms with Crippen molar-refractivity contribution >= 4 is 0 Å².